The van der Waals surface area contributed by atoms with Crippen LogP contribution < -0.4 is 11.1 Å². The van der Waals surface area contributed by atoms with Gasteiger partial charge in [0.2, 0.25) is 0 Å². The maximum absolute atomic E-state index is 6.07. The van der Waals surface area contributed by atoms with E-state index in [2.05, 4.69) is 29.1 Å². The summed E-state index contributed by atoms with van der Waals surface area (Å²) in [4.78, 5) is 8.00. The Morgan fingerprint density at radius 1 is 1.29 bits per heavy atom. The van der Waals surface area contributed by atoms with Gasteiger partial charge in [-0.3, -0.25) is 0 Å². The van der Waals surface area contributed by atoms with Crippen molar-refractivity contribution in [2.75, 3.05) is 11.1 Å². The van der Waals surface area contributed by atoms with Gasteiger partial charge in [-0.2, -0.15) is 0 Å². The quantitative estimate of drug-likeness (QED) is 0.852. The third kappa shape index (κ3) is 2.80. The molecule has 0 aromatic carbocycles. The average molecular weight is 255 g/mol. The largest absolute Gasteiger partial charge is 0.382 e. The number of rotatable bonds is 2. The number of nitrogens with one attached hydrogen (secondary N) is 1. The highest BCUT2D eigenvalue weighted by Gasteiger charge is 2.25. The Labute approximate surface area is 107 Å². The summed E-state index contributed by atoms with van der Waals surface area (Å²) in [5.41, 5.74) is 5.65. The number of hydrogen-bond acceptors (Lipinski definition) is 4. The van der Waals surface area contributed by atoms with Gasteiger partial charge in [0.05, 0.1) is 0 Å². The van der Waals surface area contributed by atoms with Gasteiger partial charge in [0, 0.05) is 6.04 Å². The Kier molecular flexibility index (Phi) is 3.72. The molecule has 0 spiro atoms. The van der Waals surface area contributed by atoms with Crippen molar-refractivity contribution in [1.82, 2.24) is 9.97 Å². The predicted molar refractivity (Wildman–Crippen MR) is 71.0 cm³/mol. The van der Waals surface area contributed by atoms with E-state index in [0.717, 1.165) is 24.7 Å². The smallest absolute Gasteiger partial charge is 0.150 e. The highest BCUT2D eigenvalue weighted by molar-refractivity contribution is 6.35. The monoisotopic (exact) mass is 254 g/mol. The first-order chi connectivity index (χ1) is 8.08. The lowest BCUT2D eigenvalue weighted by Crippen LogP contribution is -2.30. The molecule has 17 heavy (non-hydrogen) atoms. The molecule has 1 aliphatic carbocycles. The van der Waals surface area contributed by atoms with E-state index in [9.17, 15) is 0 Å². The molecule has 4 nitrogen and oxygen atoms in total. The second-order valence-electron chi connectivity index (χ2n) is 5.03. The van der Waals surface area contributed by atoms with E-state index in [1.54, 1.807) is 0 Å². The molecule has 1 aromatic rings. The maximum Gasteiger partial charge on any atom is 0.150 e. The fraction of sp³-hybridized carbons (Fsp3) is 0.667. The molecule has 1 fully saturated rings. The van der Waals surface area contributed by atoms with Gasteiger partial charge in [-0.1, -0.05) is 25.4 Å². The Morgan fingerprint density at radius 3 is 2.76 bits per heavy atom. The number of aromatic nitrogens is 2. The fourth-order valence-electron chi connectivity index (χ4n) is 2.36. The molecule has 3 atom stereocenters. The number of anilines is 2. The molecule has 3 N–H and O–H groups in total. The van der Waals surface area contributed by atoms with Crippen molar-refractivity contribution in [2.45, 2.75) is 39.2 Å². The minimum absolute atomic E-state index is 0.335. The standard InChI is InChI=1S/C12H19ClN4/c1-7-3-4-9(5-8(7)2)17-12-10(13)11(14)15-6-16-12/h6-9H,3-5H2,1-2H3,(H3,14,15,16,17). The maximum atomic E-state index is 6.07. The van der Waals surface area contributed by atoms with Crippen molar-refractivity contribution in [3.05, 3.63) is 11.3 Å². The first-order valence-electron chi connectivity index (χ1n) is 6.10. The van der Waals surface area contributed by atoms with Gasteiger partial charge in [0.1, 0.15) is 17.2 Å². The first kappa shape index (κ1) is 12.4. The highest BCUT2D eigenvalue weighted by Crippen LogP contribution is 2.32. The zero-order chi connectivity index (χ0) is 12.4. The van der Waals surface area contributed by atoms with Crippen LogP contribution >= 0.6 is 11.6 Å². The van der Waals surface area contributed by atoms with E-state index in [-0.39, 0.29) is 0 Å². The van der Waals surface area contributed by atoms with Crippen LogP contribution in [0.2, 0.25) is 5.02 Å². The minimum Gasteiger partial charge on any atom is -0.382 e. The Bertz CT molecular complexity index is 396. The molecule has 1 aromatic heterocycles. The van der Waals surface area contributed by atoms with E-state index in [1.807, 2.05) is 0 Å². The number of halogens is 1. The summed E-state index contributed by atoms with van der Waals surface area (Å²) in [7, 11) is 0. The molecular weight excluding hydrogens is 236 g/mol. The predicted octanol–water partition coefficient (Wildman–Crippen LogP) is 2.95. The first-order valence-corrected chi connectivity index (χ1v) is 6.48. The Morgan fingerprint density at radius 2 is 2.06 bits per heavy atom. The van der Waals surface area contributed by atoms with Crippen LogP contribution in [0, 0.1) is 11.8 Å². The molecule has 1 heterocycles. The number of nitrogens with two attached hydrogens (primary N) is 1. The Hall–Kier alpha value is -1.03. The number of nitrogens with zero attached hydrogens (tertiary/aromatic N) is 2. The number of nitrogen functional groups attached to an aromatic ring is 1. The summed E-state index contributed by atoms with van der Waals surface area (Å²) in [5, 5.41) is 3.81. The van der Waals surface area contributed by atoms with Crippen LogP contribution in [-0.2, 0) is 0 Å². The molecule has 3 unspecified atom stereocenters. The van der Waals surface area contributed by atoms with Crippen LogP contribution in [0.3, 0.4) is 0 Å². The summed E-state index contributed by atoms with van der Waals surface area (Å²) in [6.45, 7) is 4.62. The molecule has 5 heteroatoms. The second-order valence-corrected chi connectivity index (χ2v) is 5.41. The summed E-state index contributed by atoms with van der Waals surface area (Å²) < 4.78 is 0. The fourth-order valence-corrected chi connectivity index (χ4v) is 2.51. The van der Waals surface area contributed by atoms with Crippen LogP contribution in [0.1, 0.15) is 33.1 Å². The molecule has 94 valence electrons. The zero-order valence-electron chi connectivity index (χ0n) is 10.3. The molecule has 1 saturated carbocycles. The molecule has 0 saturated heterocycles. The van der Waals surface area contributed by atoms with Gasteiger partial charge in [0.25, 0.3) is 0 Å². The molecule has 2 rings (SSSR count). The van der Waals surface area contributed by atoms with E-state index in [4.69, 9.17) is 17.3 Å². The lowest BCUT2D eigenvalue weighted by Gasteiger charge is -2.32. The van der Waals surface area contributed by atoms with Crippen LogP contribution in [-0.4, -0.2) is 16.0 Å². The van der Waals surface area contributed by atoms with Gasteiger partial charge in [0.15, 0.2) is 5.82 Å². The normalized spacial score (nSPS) is 29.0. The third-order valence-corrected chi connectivity index (χ3v) is 4.13. The van der Waals surface area contributed by atoms with Gasteiger partial charge < -0.3 is 11.1 Å². The Balaban J connectivity index is 2.04. The van der Waals surface area contributed by atoms with E-state index < -0.39 is 0 Å². The average Bonchev–Trinajstić information content (AvgIpc) is 2.30. The zero-order valence-corrected chi connectivity index (χ0v) is 11.0. The lowest BCUT2D eigenvalue weighted by atomic mass is 9.79. The minimum atomic E-state index is 0.335. The summed E-state index contributed by atoms with van der Waals surface area (Å²) in [6.07, 6.45) is 5.00. The topological polar surface area (TPSA) is 63.8 Å². The van der Waals surface area contributed by atoms with Crippen molar-refractivity contribution in [3.8, 4) is 0 Å². The molecule has 0 radical (unpaired) electrons. The van der Waals surface area contributed by atoms with E-state index in [0.29, 0.717) is 22.7 Å². The lowest BCUT2D eigenvalue weighted by molar-refractivity contribution is 0.260. The summed E-state index contributed by atoms with van der Waals surface area (Å²) in [5.74, 6) is 2.53. The van der Waals surface area contributed by atoms with Gasteiger partial charge in [-0.05, 0) is 31.1 Å². The van der Waals surface area contributed by atoms with Crippen LogP contribution in [0.25, 0.3) is 0 Å². The molecule has 0 amide bonds. The van der Waals surface area contributed by atoms with Crippen molar-refractivity contribution >= 4 is 23.2 Å². The van der Waals surface area contributed by atoms with Gasteiger partial charge >= 0.3 is 0 Å². The highest BCUT2D eigenvalue weighted by atomic mass is 35.5. The molecular formula is C12H19ClN4. The van der Waals surface area contributed by atoms with Crippen LogP contribution in [0.5, 0.6) is 0 Å². The van der Waals surface area contributed by atoms with Crippen LogP contribution in [0.15, 0.2) is 6.33 Å². The number of hydrogen-bond donors (Lipinski definition) is 2. The SMILES string of the molecule is CC1CCC(Nc2ncnc(N)c2Cl)CC1C. The molecule has 0 bridgehead atoms. The van der Waals surface area contributed by atoms with Crippen molar-refractivity contribution < 1.29 is 0 Å². The van der Waals surface area contributed by atoms with Crippen molar-refractivity contribution in [3.63, 3.8) is 0 Å². The molecule has 1 aliphatic rings. The van der Waals surface area contributed by atoms with E-state index in [1.165, 1.54) is 12.7 Å². The molecule has 0 aliphatic heterocycles. The van der Waals surface area contributed by atoms with Gasteiger partial charge in [-0.15, -0.1) is 0 Å². The third-order valence-electron chi connectivity index (χ3n) is 3.76. The summed E-state index contributed by atoms with van der Waals surface area (Å²) in [6, 6.07) is 0.438. The van der Waals surface area contributed by atoms with E-state index >= 15 is 0 Å². The van der Waals surface area contributed by atoms with Crippen molar-refractivity contribution in [2.24, 2.45) is 11.8 Å². The van der Waals surface area contributed by atoms with Gasteiger partial charge in [-0.25, -0.2) is 9.97 Å². The van der Waals surface area contributed by atoms with Crippen molar-refractivity contribution in [1.29, 1.82) is 0 Å². The van der Waals surface area contributed by atoms with Crippen LogP contribution in [0.4, 0.5) is 11.6 Å². The second kappa shape index (κ2) is 5.08. The summed E-state index contributed by atoms with van der Waals surface area (Å²) >= 11 is 6.07.